The van der Waals surface area contributed by atoms with Crippen molar-refractivity contribution in [2.45, 2.75) is 6.42 Å². The highest BCUT2D eigenvalue weighted by atomic mass is 35.5. The minimum absolute atomic E-state index is 0.0629. The smallest absolute Gasteiger partial charge is 0.229 e. The van der Waals surface area contributed by atoms with Crippen molar-refractivity contribution in [3.05, 3.63) is 33.6 Å². The largest absolute Gasteiger partial charge is 0.369 e. The Morgan fingerprint density at radius 3 is 2.40 bits per heavy atom. The monoisotopic (exact) mass is 245 g/mol. The lowest BCUT2D eigenvalue weighted by Gasteiger charge is -1.97. The lowest BCUT2D eigenvalue weighted by Crippen LogP contribution is -2.08. The maximum atomic E-state index is 13.0. The van der Waals surface area contributed by atoms with E-state index in [1.165, 1.54) is 12.1 Å². The van der Waals surface area contributed by atoms with Crippen LogP contribution in [0.2, 0.25) is 10.0 Å². The number of benzene rings is 1. The molecule has 1 amide bonds. The van der Waals surface area contributed by atoms with Gasteiger partial charge in [-0.15, -0.1) is 0 Å². The van der Waals surface area contributed by atoms with E-state index in [1.807, 2.05) is 0 Å². The Labute approximate surface area is 96.2 Å². The lowest BCUT2D eigenvalue weighted by atomic mass is 10.2. The van der Waals surface area contributed by atoms with E-state index in [0.717, 1.165) is 0 Å². The third kappa shape index (κ3) is 3.43. The molecular weight excluding hydrogens is 240 g/mol. The Balaban J connectivity index is 2.95. The third-order valence-electron chi connectivity index (χ3n) is 1.48. The third-order valence-corrected chi connectivity index (χ3v) is 2.03. The first kappa shape index (κ1) is 11.8. The first-order chi connectivity index (χ1) is 7.00. The van der Waals surface area contributed by atoms with Crippen LogP contribution in [0.5, 0.6) is 0 Å². The molecule has 0 atom stereocenters. The van der Waals surface area contributed by atoms with Crippen molar-refractivity contribution >= 4 is 29.1 Å². The Bertz CT molecular complexity index is 439. The molecule has 5 heteroatoms. The predicted octanol–water partition coefficient (Wildman–Crippen LogP) is 2.36. The van der Waals surface area contributed by atoms with Crippen LogP contribution < -0.4 is 5.73 Å². The lowest BCUT2D eigenvalue weighted by molar-refractivity contribution is -0.117. The van der Waals surface area contributed by atoms with Crippen LogP contribution in [0.15, 0.2) is 12.1 Å². The summed E-state index contributed by atoms with van der Waals surface area (Å²) in [6.45, 7) is 0. The minimum Gasteiger partial charge on any atom is -0.369 e. The molecule has 0 radical (unpaired) electrons. The summed E-state index contributed by atoms with van der Waals surface area (Å²) < 4.78 is 13.0. The summed E-state index contributed by atoms with van der Waals surface area (Å²) in [4.78, 5) is 10.4. The fraction of sp³-hybridized carbons (Fsp3) is 0.100. The van der Waals surface area contributed by atoms with Gasteiger partial charge in [0.25, 0.3) is 0 Å². The second-order valence-corrected chi connectivity index (χ2v) is 3.51. The molecule has 0 spiro atoms. The fourth-order valence-corrected chi connectivity index (χ4v) is 1.35. The molecule has 78 valence electrons. The van der Waals surface area contributed by atoms with Gasteiger partial charge >= 0.3 is 0 Å². The number of primary amides is 1. The molecule has 2 N–H and O–H groups in total. The molecular formula is C10H6Cl2FNO. The van der Waals surface area contributed by atoms with Gasteiger partial charge in [0.1, 0.15) is 0 Å². The fourth-order valence-electron chi connectivity index (χ4n) is 0.861. The van der Waals surface area contributed by atoms with E-state index in [1.54, 1.807) is 0 Å². The molecule has 0 saturated carbocycles. The molecule has 1 rings (SSSR count). The van der Waals surface area contributed by atoms with Gasteiger partial charge in [0.05, 0.1) is 16.5 Å². The Kier molecular flexibility index (Phi) is 3.96. The second kappa shape index (κ2) is 5.01. The number of halogens is 3. The highest BCUT2D eigenvalue weighted by molar-refractivity contribution is 6.35. The molecule has 1 aromatic rings. The van der Waals surface area contributed by atoms with Crippen molar-refractivity contribution < 1.29 is 9.18 Å². The number of hydrogen-bond acceptors (Lipinski definition) is 1. The molecule has 0 aliphatic rings. The molecule has 0 aliphatic carbocycles. The zero-order valence-electron chi connectivity index (χ0n) is 7.48. The van der Waals surface area contributed by atoms with E-state index in [4.69, 9.17) is 28.9 Å². The predicted molar refractivity (Wildman–Crippen MR) is 57.1 cm³/mol. The van der Waals surface area contributed by atoms with Crippen LogP contribution in [0.3, 0.4) is 0 Å². The molecule has 0 saturated heterocycles. The highest BCUT2D eigenvalue weighted by Gasteiger charge is 2.05. The topological polar surface area (TPSA) is 43.1 Å². The first-order valence-corrected chi connectivity index (χ1v) is 4.68. The number of rotatable bonds is 1. The van der Waals surface area contributed by atoms with E-state index in [2.05, 4.69) is 11.8 Å². The van der Waals surface area contributed by atoms with Gasteiger partial charge in [0.15, 0.2) is 5.82 Å². The van der Waals surface area contributed by atoms with Gasteiger partial charge in [-0.2, -0.15) is 0 Å². The summed E-state index contributed by atoms with van der Waals surface area (Å²) >= 11 is 11.1. The van der Waals surface area contributed by atoms with Gasteiger partial charge in [-0.1, -0.05) is 35.0 Å². The van der Waals surface area contributed by atoms with Crippen LogP contribution in [0.4, 0.5) is 4.39 Å². The molecule has 0 aliphatic heterocycles. The van der Waals surface area contributed by atoms with Crippen LogP contribution in [-0.2, 0) is 4.79 Å². The number of amides is 1. The average molecular weight is 246 g/mol. The summed E-state index contributed by atoms with van der Waals surface area (Å²) in [5, 5.41) is -0.211. The molecule has 0 unspecified atom stereocenters. The number of carbonyl (C=O) groups excluding carboxylic acids is 1. The van der Waals surface area contributed by atoms with E-state index in [9.17, 15) is 9.18 Å². The Hall–Kier alpha value is -1.24. The Morgan fingerprint density at radius 1 is 1.40 bits per heavy atom. The summed E-state index contributed by atoms with van der Waals surface area (Å²) in [6, 6.07) is 2.66. The average Bonchev–Trinajstić information content (AvgIpc) is 2.13. The molecule has 0 aromatic heterocycles. The van der Waals surface area contributed by atoms with Gasteiger partial charge in [-0.3, -0.25) is 4.79 Å². The van der Waals surface area contributed by atoms with E-state index in [0.29, 0.717) is 5.56 Å². The molecule has 2 nitrogen and oxygen atoms in total. The highest BCUT2D eigenvalue weighted by Crippen LogP contribution is 2.24. The van der Waals surface area contributed by atoms with Crippen molar-refractivity contribution in [2.24, 2.45) is 5.73 Å². The van der Waals surface area contributed by atoms with Gasteiger partial charge in [-0.05, 0) is 12.1 Å². The van der Waals surface area contributed by atoms with Crippen LogP contribution in [0.1, 0.15) is 12.0 Å². The van der Waals surface area contributed by atoms with Crippen molar-refractivity contribution in [2.75, 3.05) is 0 Å². The molecule has 0 heterocycles. The quantitative estimate of drug-likeness (QED) is 0.599. The summed E-state index contributed by atoms with van der Waals surface area (Å²) in [7, 11) is 0. The zero-order chi connectivity index (χ0) is 11.4. The number of hydrogen-bond donors (Lipinski definition) is 1. The molecule has 1 aromatic carbocycles. The minimum atomic E-state index is -0.682. The maximum Gasteiger partial charge on any atom is 0.229 e. The molecule has 15 heavy (non-hydrogen) atoms. The molecule has 0 fully saturated rings. The molecule has 0 bridgehead atoms. The normalized spacial score (nSPS) is 9.27. The number of nitrogens with two attached hydrogens (primary N) is 1. The Morgan fingerprint density at radius 2 is 1.93 bits per heavy atom. The first-order valence-electron chi connectivity index (χ1n) is 3.92. The van der Waals surface area contributed by atoms with Crippen LogP contribution in [-0.4, -0.2) is 5.91 Å². The SMILES string of the molecule is NC(=O)CC#Cc1cc(Cl)c(F)c(Cl)c1. The van der Waals surface area contributed by atoms with E-state index >= 15 is 0 Å². The van der Waals surface area contributed by atoms with E-state index < -0.39 is 11.7 Å². The van der Waals surface area contributed by atoms with Gasteiger partial charge in [-0.25, -0.2) is 4.39 Å². The van der Waals surface area contributed by atoms with Gasteiger partial charge in [0, 0.05) is 5.56 Å². The number of carbonyl (C=O) groups is 1. The van der Waals surface area contributed by atoms with Crippen LogP contribution >= 0.6 is 23.2 Å². The van der Waals surface area contributed by atoms with Crippen molar-refractivity contribution in [1.82, 2.24) is 0 Å². The van der Waals surface area contributed by atoms with Crippen molar-refractivity contribution in [1.29, 1.82) is 0 Å². The second-order valence-electron chi connectivity index (χ2n) is 2.70. The van der Waals surface area contributed by atoms with Crippen molar-refractivity contribution in [3.8, 4) is 11.8 Å². The van der Waals surface area contributed by atoms with Crippen LogP contribution in [0, 0.1) is 17.7 Å². The van der Waals surface area contributed by atoms with Gasteiger partial charge < -0.3 is 5.73 Å². The van der Waals surface area contributed by atoms with E-state index in [-0.39, 0.29) is 16.5 Å². The van der Waals surface area contributed by atoms with Crippen LogP contribution in [0.25, 0.3) is 0 Å². The summed E-state index contributed by atoms with van der Waals surface area (Å²) in [6.07, 6.45) is -0.0629. The summed E-state index contributed by atoms with van der Waals surface area (Å²) in [5.74, 6) is 3.90. The van der Waals surface area contributed by atoms with Crippen molar-refractivity contribution in [3.63, 3.8) is 0 Å². The standard InChI is InChI=1S/C10H6Cl2FNO/c11-7-4-6(2-1-3-9(14)15)5-8(12)10(7)13/h4-5H,3H2,(H2,14,15). The summed E-state index contributed by atoms with van der Waals surface area (Å²) in [5.41, 5.74) is 5.32. The van der Waals surface area contributed by atoms with Gasteiger partial charge in [0.2, 0.25) is 5.91 Å². The maximum absolute atomic E-state index is 13.0. The zero-order valence-corrected chi connectivity index (χ0v) is 8.99.